The van der Waals surface area contributed by atoms with E-state index < -0.39 is 0 Å². The monoisotopic (exact) mass is 410 g/mol. The molecule has 0 spiro atoms. The van der Waals surface area contributed by atoms with Gasteiger partial charge in [0.25, 0.3) is 5.56 Å². The number of nitrogens with two attached hydrogens (primary N) is 1. The molecule has 2 aromatic heterocycles. The quantitative estimate of drug-likeness (QED) is 0.839. The lowest BCUT2D eigenvalue weighted by Gasteiger charge is -2.35. The van der Waals surface area contributed by atoms with E-state index in [2.05, 4.69) is 4.98 Å². The molecular weight excluding hydrogens is 384 g/mol. The van der Waals surface area contributed by atoms with Gasteiger partial charge in [-0.25, -0.2) is 4.98 Å². The van der Waals surface area contributed by atoms with Crippen molar-refractivity contribution in [1.29, 1.82) is 0 Å². The molecule has 2 N–H and O–H groups in total. The average Bonchev–Trinajstić information content (AvgIpc) is 3.06. The summed E-state index contributed by atoms with van der Waals surface area (Å²) in [6, 6.07) is 0.150. The molecule has 148 valence electrons. The van der Waals surface area contributed by atoms with Gasteiger partial charge in [-0.05, 0) is 50.5 Å². The number of aryl methyl sites for hydroxylation is 3. The molecule has 0 saturated carbocycles. The van der Waals surface area contributed by atoms with E-state index in [1.54, 1.807) is 22.2 Å². The van der Waals surface area contributed by atoms with Crippen LogP contribution in [0.4, 0.5) is 0 Å². The maximum absolute atomic E-state index is 13.0. The predicted octanol–water partition coefficient (Wildman–Crippen LogP) is 2.49. The van der Waals surface area contributed by atoms with E-state index in [0.717, 1.165) is 55.3 Å². The van der Waals surface area contributed by atoms with Crippen LogP contribution in [0.5, 0.6) is 0 Å². The van der Waals surface area contributed by atoms with Crippen LogP contribution in [-0.4, -0.2) is 39.5 Å². The van der Waals surface area contributed by atoms with Crippen LogP contribution >= 0.6 is 23.7 Å². The van der Waals surface area contributed by atoms with Crippen LogP contribution < -0.4 is 11.3 Å². The molecule has 1 aliphatic heterocycles. The smallest absolute Gasteiger partial charge is 0.262 e. The van der Waals surface area contributed by atoms with E-state index in [4.69, 9.17) is 5.73 Å². The lowest BCUT2D eigenvalue weighted by Crippen LogP contribution is -2.47. The SMILES string of the molecule is Cl.NCC1CCCCN1C(=O)CCn1cnc2sc3c(c2c1=O)CCCC3. The Morgan fingerprint density at radius 1 is 1.26 bits per heavy atom. The molecule has 3 heterocycles. The highest BCUT2D eigenvalue weighted by Crippen LogP contribution is 2.33. The van der Waals surface area contributed by atoms with Crippen molar-refractivity contribution >= 4 is 39.9 Å². The fourth-order valence-corrected chi connectivity index (χ4v) is 5.49. The fourth-order valence-electron chi connectivity index (χ4n) is 4.27. The minimum atomic E-state index is 0. The topological polar surface area (TPSA) is 81.2 Å². The highest BCUT2D eigenvalue weighted by molar-refractivity contribution is 7.18. The molecule has 0 aromatic carbocycles. The number of carbonyl (C=O) groups is 1. The largest absolute Gasteiger partial charge is 0.338 e. The number of fused-ring (bicyclic) bond motifs is 3. The molecule has 1 fully saturated rings. The minimum absolute atomic E-state index is 0. The second-order valence-corrected chi connectivity index (χ2v) is 8.44. The Hall–Kier alpha value is -1.44. The molecule has 6 nitrogen and oxygen atoms in total. The summed E-state index contributed by atoms with van der Waals surface area (Å²) in [4.78, 5) is 34.2. The number of aromatic nitrogens is 2. The highest BCUT2D eigenvalue weighted by atomic mass is 35.5. The summed E-state index contributed by atoms with van der Waals surface area (Å²) in [5, 5.41) is 0.789. The molecule has 1 aliphatic carbocycles. The van der Waals surface area contributed by atoms with Gasteiger partial charge in [0.15, 0.2) is 0 Å². The van der Waals surface area contributed by atoms with E-state index in [1.165, 1.54) is 16.9 Å². The maximum atomic E-state index is 13.0. The Bertz CT molecular complexity index is 878. The van der Waals surface area contributed by atoms with E-state index in [-0.39, 0.29) is 29.9 Å². The summed E-state index contributed by atoms with van der Waals surface area (Å²) in [7, 11) is 0. The van der Waals surface area contributed by atoms with Gasteiger partial charge in [0, 0.05) is 37.0 Å². The van der Waals surface area contributed by atoms with Gasteiger partial charge in [0.1, 0.15) is 4.83 Å². The Kier molecular flexibility index (Phi) is 6.55. The Labute approximate surface area is 169 Å². The van der Waals surface area contributed by atoms with Gasteiger partial charge in [0.05, 0.1) is 11.7 Å². The lowest BCUT2D eigenvalue weighted by atomic mass is 9.97. The first kappa shape index (κ1) is 20.3. The lowest BCUT2D eigenvalue weighted by molar-refractivity contribution is -0.134. The zero-order chi connectivity index (χ0) is 18.1. The summed E-state index contributed by atoms with van der Waals surface area (Å²) in [6.07, 6.45) is 9.46. The second-order valence-electron chi connectivity index (χ2n) is 7.36. The molecule has 1 unspecified atom stereocenters. The van der Waals surface area contributed by atoms with Crippen molar-refractivity contribution in [2.24, 2.45) is 5.73 Å². The van der Waals surface area contributed by atoms with Gasteiger partial charge in [-0.2, -0.15) is 0 Å². The van der Waals surface area contributed by atoms with Crippen molar-refractivity contribution < 1.29 is 4.79 Å². The summed E-state index contributed by atoms with van der Waals surface area (Å²) < 4.78 is 1.61. The molecule has 1 amide bonds. The summed E-state index contributed by atoms with van der Waals surface area (Å²) in [5.41, 5.74) is 7.03. The van der Waals surface area contributed by atoms with Crippen LogP contribution in [-0.2, 0) is 24.2 Å². The Morgan fingerprint density at radius 3 is 2.89 bits per heavy atom. The van der Waals surface area contributed by atoms with Gasteiger partial charge in [-0.15, -0.1) is 23.7 Å². The Balaban J connectivity index is 0.00000210. The number of hydrogen-bond donors (Lipinski definition) is 1. The molecule has 8 heteroatoms. The van der Waals surface area contributed by atoms with Crippen LogP contribution in [0.1, 0.15) is 49.0 Å². The third-order valence-electron chi connectivity index (χ3n) is 5.73. The number of hydrogen-bond acceptors (Lipinski definition) is 5. The molecule has 0 radical (unpaired) electrons. The second kappa shape index (κ2) is 8.71. The van der Waals surface area contributed by atoms with Gasteiger partial charge in [0.2, 0.25) is 5.91 Å². The fraction of sp³-hybridized carbons (Fsp3) is 0.632. The number of carbonyl (C=O) groups excluding carboxylic acids is 1. The first-order chi connectivity index (χ1) is 12.7. The van der Waals surface area contributed by atoms with Crippen molar-refractivity contribution in [3.63, 3.8) is 0 Å². The van der Waals surface area contributed by atoms with Gasteiger partial charge in [-0.3, -0.25) is 14.2 Å². The molecule has 2 aromatic rings. The number of likely N-dealkylation sites (tertiary alicyclic amines) is 1. The summed E-state index contributed by atoms with van der Waals surface area (Å²) in [5.74, 6) is 0.0968. The summed E-state index contributed by atoms with van der Waals surface area (Å²) >= 11 is 1.66. The first-order valence-electron chi connectivity index (χ1n) is 9.68. The molecular formula is C19H27ClN4O2S. The van der Waals surface area contributed by atoms with E-state index in [1.807, 2.05) is 4.90 Å². The number of thiophene rings is 1. The zero-order valence-corrected chi connectivity index (χ0v) is 17.1. The van der Waals surface area contributed by atoms with Gasteiger partial charge in [-0.1, -0.05) is 0 Å². The van der Waals surface area contributed by atoms with Gasteiger partial charge >= 0.3 is 0 Å². The average molecular weight is 411 g/mol. The van der Waals surface area contributed by atoms with Crippen molar-refractivity contribution in [2.75, 3.05) is 13.1 Å². The van der Waals surface area contributed by atoms with Crippen LogP contribution in [0.3, 0.4) is 0 Å². The maximum Gasteiger partial charge on any atom is 0.262 e. The van der Waals surface area contributed by atoms with E-state index in [9.17, 15) is 9.59 Å². The Morgan fingerprint density at radius 2 is 2.07 bits per heavy atom. The third-order valence-corrected chi connectivity index (χ3v) is 6.93. The van der Waals surface area contributed by atoms with Crippen molar-refractivity contribution in [2.45, 2.75) is 64.0 Å². The molecule has 2 aliphatic rings. The zero-order valence-electron chi connectivity index (χ0n) is 15.5. The number of halogens is 1. The number of nitrogens with zero attached hydrogens (tertiary/aromatic N) is 3. The van der Waals surface area contributed by atoms with Crippen LogP contribution in [0.2, 0.25) is 0 Å². The van der Waals surface area contributed by atoms with Crippen molar-refractivity contribution in [1.82, 2.24) is 14.5 Å². The predicted molar refractivity (Wildman–Crippen MR) is 111 cm³/mol. The summed E-state index contributed by atoms with van der Waals surface area (Å²) in [6.45, 7) is 1.68. The minimum Gasteiger partial charge on any atom is -0.338 e. The number of rotatable bonds is 4. The molecule has 1 atom stereocenters. The van der Waals surface area contributed by atoms with E-state index >= 15 is 0 Å². The first-order valence-corrected chi connectivity index (χ1v) is 10.5. The van der Waals surface area contributed by atoms with Gasteiger partial charge < -0.3 is 10.6 Å². The van der Waals surface area contributed by atoms with Crippen LogP contribution in [0.25, 0.3) is 10.2 Å². The molecule has 1 saturated heterocycles. The molecule has 0 bridgehead atoms. The normalized spacial score (nSPS) is 19.6. The van der Waals surface area contributed by atoms with Crippen molar-refractivity contribution in [3.05, 3.63) is 27.1 Å². The van der Waals surface area contributed by atoms with Crippen LogP contribution in [0.15, 0.2) is 11.1 Å². The van der Waals surface area contributed by atoms with E-state index in [0.29, 0.717) is 19.5 Å². The van der Waals surface area contributed by atoms with Crippen LogP contribution in [0, 0.1) is 0 Å². The number of amides is 1. The third kappa shape index (κ3) is 3.91. The number of piperidine rings is 1. The standard InChI is InChI=1S/C19H26N4O2S.ClH/c20-11-13-5-3-4-9-23(13)16(24)8-10-22-12-21-18-17(19(22)25)14-6-1-2-7-15(14)26-18;/h12-13H,1-11,20H2;1H. The highest BCUT2D eigenvalue weighted by Gasteiger charge is 2.25. The molecule has 4 rings (SSSR count). The van der Waals surface area contributed by atoms with Crippen molar-refractivity contribution in [3.8, 4) is 0 Å². The molecule has 27 heavy (non-hydrogen) atoms.